The van der Waals surface area contributed by atoms with Crippen LogP contribution in [0, 0.1) is 0 Å². The summed E-state index contributed by atoms with van der Waals surface area (Å²) in [5.74, 6) is 0. The van der Waals surface area contributed by atoms with Crippen molar-refractivity contribution < 1.29 is 19.7 Å². The summed E-state index contributed by atoms with van der Waals surface area (Å²) >= 11 is 0. The second kappa shape index (κ2) is 7.97. The molecule has 6 nitrogen and oxygen atoms in total. The molecule has 0 fully saturated rings. The molecule has 0 aliphatic carbocycles. The average molecular weight is 296 g/mol. The van der Waals surface area contributed by atoms with E-state index in [1.54, 1.807) is 20.8 Å². The lowest BCUT2D eigenvalue weighted by Gasteiger charge is -2.26. The van der Waals surface area contributed by atoms with Crippen molar-refractivity contribution in [3.8, 4) is 0 Å². The predicted molar refractivity (Wildman–Crippen MR) is 79.5 cm³/mol. The van der Waals surface area contributed by atoms with E-state index in [1.807, 2.05) is 30.3 Å². The predicted octanol–water partition coefficient (Wildman–Crippen LogP) is 0.980. The van der Waals surface area contributed by atoms with Crippen LogP contribution in [-0.2, 0) is 11.3 Å². The van der Waals surface area contributed by atoms with E-state index in [4.69, 9.17) is 4.74 Å². The van der Waals surface area contributed by atoms with Gasteiger partial charge in [-0.3, -0.25) is 5.32 Å². The number of carbonyl (C=O) groups is 1. The van der Waals surface area contributed by atoms with Crippen molar-refractivity contribution in [3.63, 3.8) is 0 Å². The zero-order valence-electron chi connectivity index (χ0n) is 12.7. The van der Waals surface area contributed by atoms with Gasteiger partial charge in [0.15, 0.2) is 0 Å². The summed E-state index contributed by atoms with van der Waals surface area (Å²) in [6.07, 6.45) is -1.76. The maximum absolute atomic E-state index is 11.6. The van der Waals surface area contributed by atoms with Crippen LogP contribution in [0.4, 0.5) is 4.79 Å². The van der Waals surface area contributed by atoms with Crippen molar-refractivity contribution in [2.75, 3.05) is 6.61 Å². The maximum atomic E-state index is 11.6. The molecule has 0 heterocycles. The number of hydrogen-bond acceptors (Lipinski definition) is 5. The summed E-state index contributed by atoms with van der Waals surface area (Å²) < 4.78 is 5.08. The smallest absolute Gasteiger partial charge is 0.408 e. The van der Waals surface area contributed by atoms with Crippen LogP contribution in [0.2, 0.25) is 0 Å². The van der Waals surface area contributed by atoms with Gasteiger partial charge in [-0.25, -0.2) is 4.79 Å². The summed E-state index contributed by atoms with van der Waals surface area (Å²) in [6.45, 7) is 5.25. The topological polar surface area (TPSA) is 90.8 Å². The van der Waals surface area contributed by atoms with E-state index >= 15 is 0 Å². The lowest BCUT2D eigenvalue weighted by molar-refractivity contribution is 0.0277. The molecule has 0 aromatic heterocycles. The van der Waals surface area contributed by atoms with E-state index in [2.05, 4.69) is 10.6 Å². The van der Waals surface area contributed by atoms with Crippen molar-refractivity contribution in [3.05, 3.63) is 35.9 Å². The van der Waals surface area contributed by atoms with Crippen molar-refractivity contribution in [1.82, 2.24) is 10.6 Å². The molecule has 1 aromatic rings. The summed E-state index contributed by atoms with van der Waals surface area (Å²) in [5, 5.41) is 24.5. The molecule has 118 valence electrons. The first-order valence-corrected chi connectivity index (χ1v) is 6.87. The zero-order chi connectivity index (χ0) is 15.9. The van der Waals surface area contributed by atoms with Crippen molar-refractivity contribution in [2.45, 2.75) is 45.2 Å². The number of rotatable bonds is 6. The minimum Gasteiger partial charge on any atom is -0.444 e. The molecular weight excluding hydrogens is 272 g/mol. The lowest BCUT2D eigenvalue weighted by atomic mass is 10.2. The van der Waals surface area contributed by atoms with E-state index in [0.717, 1.165) is 5.56 Å². The number of aliphatic hydroxyl groups is 2. The molecule has 0 saturated heterocycles. The van der Waals surface area contributed by atoms with Crippen molar-refractivity contribution >= 4 is 6.09 Å². The molecule has 0 aliphatic heterocycles. The Kier molecular flexibility index (Phi) is 6.61. The van der Waals surface area contributed by atoms with Crippen LogP contribution in [0.3, 0.4) is 0 Å². The van der Waals surface area contributed by atoms with Gasteiger partial charge >= 0.3 is 6.09 Å². The van der Waals surface area contributed by atoms with E-state index < -0.39 is 30.6 Å². The standard InChI is InChI=1S/C15H24N2O4/c1-15(2,3)21-14(20)17-12(10-18)13(19)16-9-11-7-5-4-6-8-11/h4-8,12-13,16,18-19H,9-10H2,1-3H3,(H,17,20). The van der Waals surface area contributed by atoms with Crippen LogP contribution in [0.25, 0.3) is 0 Å². The highest BCUT2D eigenvalue weighted by molar-refractivity contribution is 5.68. The molecule has 2 atom stereocenters. The first kappa shape index (κ1) is 17.4. The number of aliphatic hydroxyl groups excluding tert-OH is 2. The number of carbonyl (C=O) groups excluding carboxylic acids is 1. The van der Waals surface area contributed by atoms with Crippen LogP contribution in [0.5, 0.6) is 0 Å². The van der Waals surface area contributed by atoms with Gasteiger partial charge < -0.3 is 20.3 Å². The largest absolute Gasteiger partial charge is 0.444 e. The number of ether oxygens (including phenoxy) is 1. The fourth-order valence-corrected chi connectivity index (χ4v) is 1.64. The Morgan fingerprint density at radius 1 is 1.29 bits per heavy atom. The number of amides is 1. The van der Waals surface area contributed by atoms with Crippen molar-refractivity contribution in [2.24, 2.45) is 0 Å². The van der Waals surface area contributed by atoms with Gasteiger partial charge in [0.2, 0.25) is 0 Å². The Balaban J connectivity index is 2.45. The SMILES string of the molecule is CC(C)(C)OC(=O)NC(CO)C(O)NCc1ccccc1. The molecule has 0 radical (unpaired) electrons. The highest BCUT2D eigenvalue weighted by atomic mass is 16.6. The molecule has 0 bridgehead atoms. The fraction of sp³-hybridized carbons (Fsp3) is 0.533. The molecule has 0 spiro atoms. The molecule has 6 heteroatoms. The third-order valence-corrected chi connectivity index (χ3v) is 2.64. The van der Waals surface area contributed by atoms with Gasteiger partial charge in [-0.2, -0.15) is 0 Å². The summed E-state index contributed by atoms with van der Waals surface area (Å²) in [6, 6.07) is 8.67. The van der Waals surface area contributed by atoms with Crippen LogP contribution in [0.1, 0.15) is 26.3 Å². The lowest BCUT2D eigenvalue weighted by Crippen LogP contribution is -2.52. The van der Waals surface area contributed by atoms with Crippen LogP contribution in [-0.4, -0.2) is 40.8 Å². The maximum Gasteiger partial charge on any atom is 0.408 e. The molecule has 1 amide bonds. The number of hydrogen-bond donors (Lipinski definition) is 4. The molecule has 1 aromatic carbocycles. The highest BCUT2D eigenvalue weighted by Gasteiger charge is 2.23. The van der Waals surface area contributed by atoms with Gasteiger partial charge in [0, 0.05) is 6.54 Å². The quantitative estimate of drug-likeness (QED) is 0.588. The van der Waals surface area contributed by atoms with Crippen LogP contribution >= 0.6 is 0 Å². The molecule has 4 N–H and O–H groups in total. The van der Waals surface area contributed by atoms with E-state index in [9.17, 15) is 15.0 Å². The summed E-state index contributed by atoms with van der Waals surface area (Å²) in [5.41, 5.74) is 0.359. The van der Waals surface area contributed by atoms with E-state index in [0.29, 0.717) is 6.54 Å². The minimum absolute atomic E-state index is 0.401. The van der Waals surface area contributed by atoms with Gasteiger partial charge in [0.25, 0.3) is 0 Å². The Morgan fingerprint density at radius 3 is 2.43 bits per heavy atom. The fourth-order valence-electron chi connectivity index (χ4n) is 1.64. The van der Waals surface area contributed by atoms with Gasteiger partial charge in [0.05, 0.1) is 12.6 Å². The molecule has 2 unspecified atom stereocenters. The minimum atomic E-state index is -1.08. The third-order valence-electron chi connectivity index (χ3n) is 2.64. The summed E-state index contributed by atoms with van der Waals surface area (Å²) in [7, 11) is 0. The second-order valence-electron chi connectivity index (χ2n) is 5.75. The Labute approximate surface area is 125 Å². The summed E-state index contributed by atoms with van der Waals surface area (Å²) in [4.78, 5) is 11.6. The Bertz CT molecular complexity index is 431. The molecule has 21 heavy (non-hydrogen) atoms. The number of benzene rings is 1. The van der Waals surface area contributed by atoms with Crippen molar-refractivity contribution in [1.29, 1.82) is 0 Å². The second-order valence-corrected chi connectivity index (χ2v) is 5.75. The number of nitrogens with one attached hydrogen (secondary N) is 2. The van der Waals surface area contributed by atoms with E-state index in [-0.39, 0.29) is 0 Å². The number of alkyl carbamates (subject to hydrolysis) is 1. The van der Waals surface area contributed by atoms with E-state index in [1.165, 1.54) is 0 Å². The highest BCUT2D eigenvalue weighted by Crippen LogP contribution is 2.07. The first-order valence-electron chi connectivity index (χ1n) is 6.87. The first-order chi connectivity index (χ1) is 9.81. The monoisotopic (exact) mass is 296 g/mol. The normalized spacial score (nSPS) is 14.3. The Morgan fingerprint density at radius 2 is 1.90 bits per heavy atom. The average Bonchev–Trinajstić information content (AvgIpc) is 2.41. The van der Waals surface area contributed by atoms with Gasteiger partial charge in [-0.1, -0.05) is 30.3 Å². The molecule has 0 saturated carbocycles. The van der Waals surface area contributed by atoms with Crippen LogP contribution in [0.15, 0.2) is 30.3 Å². The van der Waals surface area contributed by atoms with Gasteiger partial charge in [-0.05, 0) is 26.3 Å². The third kappa shape index (κ3) is 7.08. The van der Waals surface area contributed by atoms with Gasteiger partial charge in [0.1, 0.15) is 11.8 Å². The zero-order valence-corrected chi connectivity index (χ0v) is 12.7. The van der Waals surface area contributed by atoms with Gasteiger partial charge in [-0.15, -0.1) is 0 Å². The van der Waals surface area contributed by atoms with Crippen LogP contribution < -0.4 is 10.6 Å². The molecule has 0 aliphatic rings. The molecular formula is C15H24N2O4. The molecule has 1 rings (SSSR count). The Hall–Kier alpha value is -1.63.